The average Bonchev–Trinajstić information content (AvgIpc) is 3.21. The summed E-state index contributed by atoms with van der Waals surface area (Å²) in [6.45, 7) is 4.18. The normalized spacial score (nSPS) is 12.0. The predicted octanol–water partition coefficient (Wildman–Crippen LogP) is 4.02. The molecule has 1 atom stereocenters. The number of rotatable bonds is 10. The molecule has 4 aromatic rings. The molecule has 1 aromatic heterocycles. The fourth-order valence-corrected chi connectivity index (χ4v) is 4.62. The van der Waals surface area contributed by atoms with E-state index in [9.17, 15) is 14.4 Å². The third-order valence-electron chi connectivity index (χ3n) is 6.21. The molecule has 37 heavy (non-hydrogen) atoms. The zero-order valence-electron chi connectivity index (χ0n) is 21.2. The summed E-state index contributed by atoms with van der Waals surface area (Å²) in [6.07, 6.45) is 0.447. The number of methoxy groups -OCH3 is 1. The second-order valence-electron chi connectivity index (χ2n) is 9.35. The van der Waals surface area contributed by atoms with Crippen LogP contribution >= 0.6 is 0 Å². The molecule has 0 aliphatic carbocycles. The van der Waals surface area contributed by atoms with Crippen LogP contribution < -0.4 is 15.8 Å². The quantitative estimate of drug-likeness (QED) is 0.319. The Kier molecular flexibility index (Phi) is 7.77. The first-order valence-corrected chi connectivity index (χ1v) is 12.2. The van der Waals surface area contributed by atoms with Gasteiger partial charge in [0.15, 0.2) is 6.61 Å². The Morgan fingerprint density at radius 1 is 0.919 bits per heavy atom. The van der Waals surface area contributed by atoms with Crippen LogP contribution in [-0.4, -0.2) is 42.1 Å². The molecule has 0 aliphatic heterocycles. The van der Waals surface area contributed by atoms with E-state index < -0.39 is 23.8 Å². The summed E-state index contributed by atoms with van der Waals surface area (Å²) in [6, 6.07) is 20.2. The third kappa shape index (κ3) is 5.58. The van der Waals surface area contributed by atoms with Crippen molar-refractivity contribution in [1.29, 1.82) is 0 Å². The SMILES string of the molecule is COC(=O)[C@@H](CC(C)C)NC(=O)COc1cccc2c1c1c(C(N)=O)cccc1n2Cc1ccccc1. The minimum Gasteiger partial charge on any atom is -0.483 e. The number of nitrogens with zero attached hydrogens (tertiary/aromatic N) is 1. The van der Waals surface area contributed by atoms with E-state index in [-0.39, 0.29) is 12.5 Å². The highest BCUT2D eigenvalue weighted by molar-refractivity contribution is 6.19. The van der Waals surface area contributed by atoms with Crippen molar-refractivity contribution in [3.63, 3.8) is 0 Å². The molecule has 0 radical (unpaired) electrons. The molecule has 0 bridgehead atoms. The van der Waals surface area contributed by atoms with Crippen molar-refractivity contribution >= 4 is 39.6 Å². The molecule has 0 saturated heterocycles. The van der Waals surface area contributed by atoms with Gasteiger partial charge in [-0.1, -0.05) is 56.3 Å². The van der Waals surface area contributed by atoms with Gasteiger partial charge >= 0.3 is 5.97 Å². The van der Waals surface area contributed by atoms with Crippen LogP contribution in [0.4, 0.5) is 0 Å². The van der Waals surface area contributed by atoms with Gasteiger partial charge in [0.05, 0.1) is 23.5 Å². The molecule has 1 heterocycles. The number of aromatic nitrogens is 1. The largest absolute Gasteiger partial charge is 0.483 e. The number of nitrogens with one attached hydrogen (secondary N) is 1. The van der Waals surface area contributed by atoms with Crippen LogP contribution in [-0.2, 0) is 20.9 Å². The fourth-order valence-electron chi connectivity index (χ4n) is 4.62. The van der Waals surface area contributed by atoms with E-state index in [1.165, 1.54) is 7.11 Å². The molecular weight excluding hydrogens is 470 g/mol. The second-order valence-corrected chi connectivity index (χ2v) is 9.35. The Balaban J connectivity index is 1.72. The summed E-state index contributed by atoms with van der Waals surface area (Å²) in [4.78, 5) is 37.2. The lowest BCUT2D eigenvalue weighted by molar-refractivity contribution is -0.145. The molecule has 0 spiro atoms. The number of benzene rings is 3. The Morgan fingerprint density at radius 2 is 1.59 bits per heavy atom. The summed E-state index contributed by atoms with van der Waals surface area (Å²) in [5.74, 6) is -0.874. The maximum absolute atomic E-state index is 12.7. The smallest absolute Gasteiger partial charge is 0.328 e. The van der Waals surface area contributed by atoms with Gasteiger partial charge in [0.25, 0.3) is 5.91 Å². The maximum Gasteiger partial charge on any atom is 0.328 e. The molecule has 0 unspecified atom stereocenters. The first-order chi connectivity index (χ1) is 17.8. The molecule has 2 amide bonds. The van der Waals surface area contributed by atoms with Gasteiger partial charge in [-0.3, -0.25) is 9.59 Å². The topological polar surface area (TPSA) is 113 Å². The molecule has 8 heteroatoms. The van der Waals surface area contributed by atoms with Gasteiger partial charge < -0.3 is 25.1 Å². The lowest BCUT2D eigenvalue weighted by Crippen LogP contribution is -2.44. The van der Waals surface area contributed by atoms with Crippen LogP contribution in [0.15, 0.2) is 66.7 Å². The van der Waals surface area contributed by atoms with E-state index in [1.807, 2.05) is 62.4 Å². The molecule has 0 fully saturated rings. The fraction of sp³-hybridized carbons (Fsp3) is 0.276. The number of fused-ring (bicyclic) bond motifs is 3. The highest BCUT2D eigenvalue weighted by Crippen LogP contribution is 2.38. The molecule has 8 nitrogen and oxygen atoms in total. The molecule has 3 aromatic carbocycles. The third-order valence-corrected chi connectivity index (χ3v) is 6.21. The minimum absolute atomic E-state index is 0.182. The van der Waals surface area contributed by atoms with Crippen molar-refractivity contribution in [1.82, 2.24) is 9.88 Å². The van der Waals surface area contributed by atoms with Gasteiger partial charge in [-0.05, 0) is 42.2 Å². The van der Waals surface area contributed by atoms with Gasteiger partial charge in [-0.15, -0.1) is 0 Å². The van der Waals surface area contributed by atoms with Crippen LogP contribution in [0.1, 0.15) is 36.2 Å². The number of amides is 2. The van der Waals surface area contributed by atoms with Crippen LogP contribution in [0.25, 0.3) is 21.8 Å². The summed E-state index contributed by atoms with van der Waals surface area (Å²) >= 11 is 0. The Morgan fingerprint density at radius 3 is 2.24 bits per heavy atom. The number of hydrogen-bond donors (Lipinski definition) is 2. The highest BCUT2D eigenvalue weighted by atomic mass is 16.5. The average molecular weight is 502 g/mol. The van der Waals surface area contributed by atoms with Gasteiger partial charge in [0.2, 0.25) is 5.91 Å². The minimum atomic E-state index is -0.758. The lowest BCUT2D eigenvalue weighted by atomic mass is 10.0. The summed E-state index contributed by atoms with van der Waals surface area (Å²) in [5.41, 5.74) is 8.89. The monoisotopic (exact) mass is 501 g/mol. The molecule has 0 aliphatic rings. The first-order valence-electron chi connectivity index (χ1n) is 12.2. The lowest BCUT2D eigenvalue weighted by Gasteiger charge is -2.18. The van der Waals surface area contributed by atoms with E-state index >= 15 is 0 Å². The number of hydrogen-bond acceptors (Lipinski definition) is 5. The van der Waals surface area contributed by atoms with Crippen molar-refractivity contribution in [2.24, 2.45) is 11.7 Å². The molecule has 0 saturated carbocycles. The van der Waals surface area contributed by atoms with Crippen molar-refractivity contribution in [2.45, 2.75) is 32.9 Å². The summed E-state index contributed by atoms with van der Waals surface area (Å²) < 4.78 is 12.9. The highest BCUT2D eigenvalue weighted by Gasteiger charge is 2.24. The second kappa shape index (κ2) is 11.2. The zero-order valence-corrected chi connectivity index (χ0v) is 21.2. The number of ether oxygens (including phenoxy) is 2. The molecule has 3 N–H and O–H groups in total. The van der Waals surface area contributed by atoms with Crippen LogP contribution in [0.3, 0.4) is 0 Å². The number of primary amides is 1. The molecule has 4 rings (SSSR count). The summed E-state index contributed by atoms with van der Waals surface area (Å²) in [7, 11) is 1.29. The van der Waals surface area contributed by atoms with E-state index in [0.29, 0.717) is 35.1 Å². The van der Waals surface area contributed by atoms with E-state index in [4.69, 9.17) is 15.2 Å². The number of nitrogens with two attached hydrogens (primary N) is 1. The Bertz CT molecular complexity index is 1440. The van der Waals surface area contributed by atoms with Crippen molar-refractivity contribution < 1.29 is 23.9 Å². The Hall–Kier alpha value is -4.33. The van der Waals surface area contributed by atoms with Crippen LogP contribution in [0.5, 0.6) is 5.75 Å². The molecule has 192 valence electrons. The van der Waals surface area contributed by atoms with Crippen LogP contribution in [0, 0.1) is 5.92 Å². The van der Waals surface area contributed by atoms with E-state index in [0.717, 1.165) is 16.6 Å². The van der Waals surface area contributed by atoms with E-state index in [1.54, 1.807) is 18.2 Å². The summed E-state index contributed by atoms with van der Waals surface area (Å²) in [5, 5.41) is 4.07. The van der Waals surface area contributed by atoms with Gasteiger partial charge in [0.1, 0.15) is 11.8 Å². The number of carbonyl (C=O) groups is 3. The number of esters is 1. The van der Waals surface area contributed by atoms with Crippen LogP contribution in [0.2, 0.25) is 0 Å². The Labute approximate surface area is 215 Å². The standard InChI is InChI=1S/C29H31N3O5/c1-18(2)15-21(29(35)36-3)31-25(33)17-37-24-14-8-13-23-27(24)26-20(28(30)34)11-7-12-22(26)32(23)16-19-9-5-4-6-10-19/h4-14,18,21H,15-17H2,1-3H3,(H2,30,34)(H,31,33)/t21-/m1/s1. The van der Waals surface area contributed by atoms with Crippen molar-refractivity contribution in [3.05, 3.63) is 77.9 Å². The van der Waals surface area contributed by atoms with Gasteiger partial charge in [-0.25, -0.2) is 4.79 Å². The van der Waals surface area contributed by atoms with Gasteiger partial charge in [0, 0.05) is 17.5 Å². The number of carbonyl (C=O) groups excluding carboxylic acids is 3. The molecular formula is C29H31N3O5. The van der Waals surface area contributed by atoms with Gasteiger partial charge in [-0.2, -0.15) is 0 Å². The first kappa shape index (κ1) is 25.8. The van der Waals surface area contributed by atoms with Crippen molar-refractivity contribution in [2.75, 3.05) is 13.7 Å². The van der Waals surface area contributed by atoms with E-state index in [2.05, 4.69) is 9.88 Å². The zero-order chi connectivity index (χ0) is 26.5. The predicted molar refractivity (Wildman–Crippen MR) is 142 cm³/mol. The van der Waals surface area contributed by atoms with Crippen molar-refractivity contribution in [3.8, 4) is 5.75 Å². The maximum atomic E-state index is 12.7.